The van der Waals surface area contributed by atoms with Crippen molar-refractivity contribution in [2.45, 2.75) is 25.4 Å². The minimum atomic E-state index is -4.91. The second-order valence-corrected chi connectivity index (χ2v) is 3.85. The quantitative estimate of drug-likeness (QED) is 0.863. The van der Waals surface area contributed by atoms with Crippen molar-refractivity contribution in [3.8, 4) is 5.75 Å². The van der Waals surface area contributed by atoms with Crippen LogP contribution in [-0.4, -0.2) is 17.8 Å². The maximum Gasteiger partial charge on any atom is 0.416 e. The van der Waals surface area contributed by atoms with E-state index in [4.69, 9.17) is 9.84 Å². The zero-order chi connectivity index (χ0) is 14.8. The molecule has 0 aromatic heterocycles. The second-order valence-electron chi connectivity index (χ2n) is 3.85. The van der Waals surface area contributed by atoms with E-state index in [2.05, 4.69) is 0 Å². The average Bonchev–Trinajstić information content (AvgIpc) is 2.26. The Morgan fingerprint density at radius 1 is 1.00 bits per heavy atom. The van der Waals surface area contributed by atoms with E-state index >= 15 is 0 Å². The molecule has 0 fully saturated rings. The first kappa shape index (κ1) is 15.6. The predicted octanol–water partition coefficient (Wildman–Crippen LogP) is 3.48. The van der Waals surface area contributed by atoms with Crippen LogP contribution < -0.4 is 4.74 Å². The van der Waals surface area contributed by atoms with Gasteiger partial charge in [0.05, 0.1) is 17.7 Å². The van der Waals surface area contributed by atoms with Gasteiger partial charge < -0.3 is 9.84 Å². The highest BCUT2D eigenvalue weighted by atomic mass is 19.4. The van der Waals surface area contributed by atoms with Crippen LogP contribution in [0.1, 0.15) is 18.1 Å². The summed E-state index contributed by atoms with van der Waals surface area (Å²) in [6, 6.07) is 0.930. The minimum absolute atomic E-state index is 0.0104. The summed E-state index contributed by atoms with van der Waals surface area (Å²) in [6.07, 6.45) is -10.7. The first-order chi connectivity index (χ1) is 8.54. The summed E-state index contributed by atoms with van der Waals surface area (Å²) >= 11 is 0. The van der Waals surface area contributed by atoms with Gasteiger partial charge in [0.2, 0.25) is 0 Å². The summed E-state index contributed by atoms with van der Waals surface area (Å²) < 4.78 is 79.7. The number of halogens is 6. The van der Waals surface area contributed by atoms with Crippen LogP contribution in [-0.2, 0) is 12.4 Å². The van der Waals surface area contributed by atoms with Crippen molar-refractivity contribution in [1.82, 2.24) is 0 Å². The number of aliphatic hydroxyl groups is 1. The molecule has 8 heteroatoms. The molecule has 0 aliphatic heterocycles. The molecule has 0 saturated carbocycles. The first-order valence-corrected chi connectivity index (χ1v) is 5.11. The Morgan fingerprint density at radius 2 is 1.42 bits per heavy atom. The summed E-state index contributed by atoms with van der Waals surface area (Å²) in [5.74, 6) is -0.594. The van der Waals surface area contributed by atoms with Gasteiger partial charge in [-0.3, -0.25) is 0 Å². The van der Waals surface area contributed by atoms with E-state index in [1.165, 1.54) is 6.92 Å². The normalized spacial score (nSPS) is 14.3. The van der Waals surface area contributed by atoms with E-state index in [9.17, 15) is 26.3 Å². The third-order valence-corrected chi connectivity index (χ3v) is 2.16. The smallest absolute Gasteiger partial charge is 0.416 e. The summed E-state index contributed by atoms with van der Waals surface area (Å²) in [6.45, 7) is 0.783. The van der Waals surface area contributed by atoms with E-state index in [0.717, 1.165) is 0 Å². The average molecular weight is 288 g/mol. The third-order valence-electron chi connectivity index (χ3n) is 2.16. The Morgan fingerprint density at radius 3 is 1.74 bits per heavy atom. The molecule has 1 aromatic carbocycles. The SMILES string of the molecule is C[C@@H](CO)Oc1cc(C(F)(F)F)cc(C(F)(F)F)c1. The number of benzene rings is 1. The van der Waals surface area contributed by atoms with E-state index in [1.807, 2.05) is 0 Å². The Balaban J connectivity index is 3.25. The number of rotatable bonds is 3. The molecular weight excluding hydrogens is 278 g/mol. The Hall–Kier alpha value is -1.44. The van der Waals surface area contributed by atoms with Gasteiger partial charge in [-0.2, -0.15) is 26.3 Å². The fraction of sp³-hybridized carbons (Fsp3) is 0.455. The summed E-state index contributed by atoms with van der Waals surface area (Å²) in [5, 5.41) is 8.68. The van der Waals surface area contributed by atoms with Crippen LogP contribution in [0.25, 0.3) is 0 Å². The van der Waals surface area contributed by atoms with Crippen molar-refractivity contribution >= 4 is 0 Å². The third kappa shape index (κ3) is 4.30. The van der Waals surface area contributed by atoms with Crippen molar-refractivity contribution in [2.24, 2.45) is 0 Å². The lowest BCUT2D eigenvalue weighted by molar-refractivity contribution is -0.143. The van der Waals surface area contributed by atoms with Gasteiger partial charge in [0.15, 0.2) is 0 Å². The highest BCUT2D eigenvalue weighted by Gasteiger charge is 2.37. The van der Waals surface area contributed by atoms with Crippen LogP contribution in [0.3, 0.4) is 0 Å². The van der Waals surface area contributed by atoms with Crippen molar-refractivity contribution in [3.63, 3.8) is 0 Å². The van der Waals surface area contributed by atoms with Crippen molar-refractivity contribution in [2.75, 3.05) is 6.61 Å². The highest BCUT2D eigenvalue weighted by molar-refractivity contribution is 5.37. The maximum absolute atomic E-state index is 12.5. The molecule has 0 saturated heterocycles. The van der Waals surface area contributed by atoms with Crippen LogP contribution in [0.15, 0.2) is 18.2 Å². The van der Waals surface area contributed by atoms with Crippen LogP contribution in [0, 0.1) is 0 Å². The van der Waals surface area contributed by atoms with Crippen molar-refractivity contribution in [3.05, 3.63) is 29.3 Å². The molecule has 2 nitrogen and oxygen atoms in total. The summed E-state index contributed by atoms with van der Waals surface area (Å²) in [7, 11) is 0. The molecule has 0 amide bonds. The molecule has 0 aliphatic rings. The molecule has 1 rings (SSSR count). The molecule has 0 aliphatic carbocycles. The first-order valence-electron chi connectivity index (χ1n) is 5.11. The largest absolute Gasteiger partial charge is 0.488 e. The van der Waals surface area contributed by atoms with Gasteiger partial charge in [0.1, 0.15) is 11.9 Å². The summed E-state index contributed by atoms with van der Waals surface area (Å²) in [4.78, 5) is 0. The van der Waals surface area contributed by atoms with Crippen molar-refractivity contribution < 1.29 is 36.2 Å². The lowest BCUT2D eigenvalue weighted by Gasteiger charge is -2.17. The number of alkyl halides is 6. The summed E-state index contributed by atoms with van der Waals surface area (Å²) in [5.41, 5.74) is -2.91. The van der Waals surface area contributed by atoms with Gasteiger partial charge in [-0.1, -0.05) is 0 Å². The van der Waals surface area contributed by atoms with Crippen LogP contribution in [0.4, 0.5) is 26.3 Å². The molecule has 0 heterocycles. The standard InChI is InChI=1S/C11H10F6O2/c1-6(5-18)19-9-3-7(10(12,13)14)2-8(4-9)11(15,16)17/h2-4,6,18H,5H2,1H3/t6-/m0/s1. The molecular formula is C11H10F6O2. The number of aliphatic hydroxyl groups excluding tert-OH is 1. The topological polar surface area (TPSA) is 29.5 Å². The number of hydrogen-bond donors (Lipinski definition) is 1. The highest BCUT2D eigenvalue weighted by Crippen LogP contribution is 2.38. The zero-order valence-corrected chi connectivity index (χ0v) is 9.64. The molecule has 0 radical (unpaired) electrons. The van der Waals surface area contributed by atoms with E-state index in [1.54, 1.807) is 0 Å². The van der Waals surface area contributed by atoms with Crippen LogP contribution in [0.2, 0.25) is 0 Å². The van der Waals surface area contributed by atoms with Crippen molar-refractivity contribution in [1.29, 1.82) is 0 Å². The Labute approximate surface area is 104 Å². The molecule has 0 unspecified atom stereocenters. The van der Waals surface area contributed by atoms with Gasteiger partial charge in [0.25, 0.3) is 0 Å². The molecule has 19 heavy (non-hydrogen) atoms. The molecule has 0 bridgehead atoms. The van der Waals surface area contributed by atoms with Crippen LogP contribution >= 0.6 is 0 Å². The molecule has 1 atom stereocenters. The Kier molecular flexibility index (Phi) is 4.34. The predicted molar refractivity (Wildman–Crippen MR) is 53.6 cm³/mol. The van der Waals surface area contributed by atoms with Gasteiger partial charge in [-0.15, -0.1) is 0 Å². The van der Waals surface area contributed by atoms with E-state index < -0.39 is 41.9 Å². The van der Waals surface area contributed by atoms with E-state index in [-0.39, 0.29) is 6.07 Å². The van der Waals surface area contributed by atoms with Gasteiger partial charge in [-0.05, 0) is 25.1 Å². The second kappa shape index (κ2) is 5.28. The van der Waals surface area contributed by atoms with Gasteiger partial charge >= 0.3 is 12.4 Å². The van der Waals surface area contributed by atoms with Crippen LogP contribution in [0.5, 0.6) is 5.75 Å². The molecule has 1 aromatic rings. The van der Waals surface area contributed by atoms with Gasteiger partial charge in [0, 0.05) is 0 Å². The molecule has 108 valence electrons. The lowest BCUT2D eigenvalue weighted by Crippen LogP contribution is -2.18. The Bertz CT molecular complexity index is 406. The fourth-order valence-electron chi connectivity index (χ4n) is 1.26. The fourth-order valence-corrected chi connectivity index (χ4v) is 1.26. The monoisotopic (exact) mass is 288 g/mol. The number of ether oxygens (including phenoxy) is 1. The van der Waals surface area contributed by atoms with Gasteiger partial charge in [-0.25, -0.2) is 0 Å². The van der Waals surface area contributed by atoms with E-state index in [0.29, 0.717) is 12.1 Å². The lowest BCUT2D eigenvalue weighted by atomic mass is 10.1. The molecule has 1 N–H and O–H groups in total. The maximum atomic E-state index is 12.5. The molecule has 0 spiro atoms. The zero-order valence-electron chi connectivity index (χ0n) is 9.64. The minimum Gasteiger partial charge on any atom is -0.488 e. The number of hydrogen-bond acceptors (Lipinski definition) is 2.